The molecule has 0 aliphatic carbocycles. The summed E-state index contributed by atoms with van der Waals surface area (Å²) < 4.78 is 34.7. The van der Waals surface area contributed by atoms with Crippen LogP contribution < -0.4 is 24.4 Å². The fraction of sp³-hybridized carbons (Fsp3) is 0.400. The molecule has 1 saturated heterocycles. The van der Waals surface area contributed by atoms with E-state index in [1.807, 2.05) is 97.1 Å². The van der Waals surface area contributed by atoms with E-state index in [0.29, 0.717) is 57.3 Å². The fourth-order valence-corrected chi connectivity index (χ4v) is 7.09. The second kappa shape index (κ2) is 21.8. The summed E-state index contributed by atoms with van der Waals surface area (Å²) in [6.07, 6.45) is 1.46. The summed E-state index contributed by atoms with van der Waals surface area (Å²) in [7, 11) is 1.65. The lowest BCUT2D eigenvalue weighted by molar-refractivity contribution is -0.143. The van der Waals surface area contributed by atoms with Gasteiger partial charge in [-0.05, 0) is 72.8 Å². The summed E-state index contributed by atoms with van der Waals surface area (Å²) >= 11 is 0. The highest BCUT2D eigenvalue weighted by Crippen LogP contribution is 2.35. The third-order valence-electron chi connectivity index (χ3n) is 10.2. The van der Waals surface area contributed by atoms with Crippen LogP contribution in [-0.4, -0.2) is 93.7 Å². The molecule has 2 amide bonds. The molecule has 2 heterocycles. The van der Waals surface area contributed by atoms with Gasteiger partial charge in [-0.15, -0.1) is 0 Å². The second-order valence-electron chi connectivity index (χ2n) is 14.3. The SMILES string of the molecule is COc1ccccc1COCCCOc1ccc(C2CCN(C(=O)O)CC2OCc2ccc3c(c2)N(CCCCNCC(=O)OCc2ccccc2)C(=O)CO3)cc1. The number of rotatable bonds is 21. The first-order valence-corrected chi connectivity index (χ1v) is 19.9. The molecule has 308 valence electrons. The predicted octanol–water partition coefficient (Wildman–Crippen LogP) is 6.57. The van der Waals surface area contributed by atoms with Gasteiger partial charge in [0.1, 0.15) is 23.9 Å². The van der Waals surface area contributed by atoms with Crippen LogP contribution in [0.3, 0.4) is 0 Å². The lowest BCUT2D eigenvalue weighted by atomic mass is 9.87. The quantitative estimate of drug-likeness (QED) is 0.0698. The summed E-state index contributed by atoms with van der Waals surface area (Å²) in [5, 5.41) is 12.9. The first-order valence-electron chi connectivity index (χ1n) is 19.9. The van der Waals surface area contributed by atoms with Crippen molar-refractivity contribution >= 4 is 23.7 Å². The van der Waals surface area contributed by atoms with Crippen molar-refractivity contribution in [1.29, 1.82) is 0 Å². The molecule has 13 nitrogen and oxygen atoms in total. The number of carbonyl (C=O) groups excluding carboxylic acids is 2. The number of carboxylic acid groups (broad SMARTS) is 1. The van der Waals surface area contributed by atoms with Gasteiger partial charge >= 0.3 is 12.1 Å². The lowest BCUT2D eigenvalue weighted by Gasteiger charge is -2.37. The number of amides is 2. The Labute approximate surface area is 339 Å². The Hall–Kier alpha value is -5.63. The van der Waals surface area contributed by atoms with Crippen molar-refractivity contribution in [1.82, 2.24) is 10.2 Å². The van der Waals surface area contributed by atoms with Crippen LogP contribution in [0.5, 0.6) is 17.2 Å². The number of nitrogens with zero attached hydrogens (tertiary/aromatic N) is 2. The van der Waals surface area contributed by atoms with E-state index in [0.717, 1.165) is 53.0 Å². The minimum absolute atomic E-state index is 0.0219. The lowest BCUT2D eigenvalue weighted by Crippen LogP contribution is -2.46. The minimum atomic E-state index is -0.971. The Bertz CT molecular complexity index is 1930. The number of methoxy groups -OCH3 is 1. The average molecular weight is 796 g/mol. The average Bonchev–Trinajstić information content (AvgIpc) is 3.25. The van der Waals surface area contributed by atoms with Gasteiger partial charge in [0, 0.05) is 31.0 Å². The smallest absolute Gasteiger partial charge is 0.407 e. The summed E-state index contributed by atoms with van der Waals surface area (Å²) in [6, 6.07) is 31.0. The van der Waals surface area contributed by atoms with Crippen LogP contribution in [0.1, 0.15) is 53.9 Å². The molecule has 2 unspecified atom stereocenters. The number of carbonyl (C=O) groups is 3. The number of hydrogen-bond acceptors (Lipinski definition) is 10. The summed E-state index contributed by atoms with van der Waals surface area (Å²) in [4.78, 5) is 40.2. The number of ether oxygens (including phenoxy) is 6. The van der Waals surface area contributed by atoms with Gasteiger partial charge in [0.15, 0.2) is 6.61 Å². The topological polar surface area (TPSA) is 145 Å². The monoisotopic (exact) mass is 795 g/mol. The van der Waals surface area contributed by atoms with Crippen LogP contribution in [0.15, 0.2) is 97.1 Å². The van der Waals surface area contributed by atoms with E-state index in [1.54, 1.807) is 12.0 Å². The van der Waals surface area contributed by atoms with E-state index >= 15 is 0 Å². The van der Waals surface area contributed by atoms with Crippen LogP contribution >= 0.6 is 0 Å². The van der Waals surface area contributed by atoms with Gasteiger partial charge in [0.2, 0.25) is 0 Å². The molecule has 4 aromatic rings. The van der Waals surface area contributed by atoms with Gasteiger partial charge in [-0.25, -0.2) is 4.79 Å². The molecule has 2 aliphatic rings. The Morgan fingerprint density at radius 1 is 0.879 bits per heavy atom. The van der Waals surface area contributed by atoms with Crippen LogP contribution in [-0.2, 0) is 43.6 Å². The first kappa shape index (κ1) is 42.0. The maximum atomic E-state index is 13.0. The molecule has 0 spiro atoms. The van der Waals surface area contributed by atoms with Crippen molar-refractivity contribution in [2.45, 2.75) is 57.5 Å². The zero-order valence-electron chi connectivity index (χ0n) is 33.0. The van der Waals surface area contributed by atoms with Crippen LogP contribution in [0.25, 0.3) is 0 Å². The highest BCUT2D eigenvalue weighted by Gasteiger charge is 2.34. The van der Waals surface area contributed by atoms with Gasteiger partial charge in [0.25, 0.3) is 5.91 Å². The molecule has 4 aromatic carbocycles. The zero-order chi connectivity index (χ0) is 40.5. The maximum Gasteiger partial charge on any atom is 0.407 e. The van der Waals surface area contributed by atoms with Gasteiger partial charge in [0.05, 0.1) is 58.4 Å². The Balaban J connectivity index is 0.966. The molecule has 1 fully saturated rings. The number of anilines is 1. The first-order chi connectivity index (χ1) is 28.4. The second-order valence-corrected chi connectivity index (χ2v) is 14.3. The third kappa shape index (κ3) is 12.2. The molecule has 0 saturated carbocycles. The highest BCUT2D eigenvalue weighted by molar-refractivity contribution is 5.97. The fourth-order valence-electron chi connectivity index (χ4n) is 7.09. The molecule has 58 heavy (non-hydrogen) atoms. The van der Waals surface area contributed by atoms with E-state index in [1.165, 1.54) is 4.90 Å². The van der Waals surface area contributed by atoms with Crippen molar-refractivity contribution in [2.24, 2.45) is 0 Å². The molecule has 0 radical (unpaired) electrons. The van der Waals surface area contributed by atoms with Crippen molar-refractivity contribution < 1.29 is 47.9 Å². The number of esters is 1. The Morgan fingerprint density at radius 2 is 1.69 bits per heavy atom. The number of piperidine rings is 1. The third-order valence-corrected chi connectivity index (χ3v) is 10.2. The van der Waals surface area contributed by atoms with Gasteiger partial charge in [-0.1, -0.05) is 66.7 Å². The molecule has 2 atom stereocenters. The van der Waals surface area contributed by atoms with Crippen LogP contribution in [0, 0.1) is 0 Å². The minimum Gasteiger partial charge on any atom is -0.496 e. The summed E-state index contributed by atoms with van der Waals surface area (Å²) in [6.45, 7) is 3.83. The molecule has 6 rings (SSSR count). The van der Waals surface area contributed by atoms with Crippen molar-refractivity contribution in [3.05, 3.63) is 119 Å². The molecule has 2 N–H and O–H groups in total. The van der Waals surface area contributed by atoms with E-state index in [4.69, 9.17) is 28.4 Å². The predicted molar refractivity (Wildman–Crippen MR) is 217 cm³/mol. The van der Waals surface area contributed by atoms with Crippen LogP contribution in [0.2, 0.25) is 0 Å². The normalized spacial score (nSPS) is 16.3. The molecular weight excluding hydrogens is 743 g/mol. The van der Waals surface area contributed by atoms with E-state index in [-0.39, 0.29) is 56.8 Å². The van der Waals surface area contributed by atoms with E-state index in [2.05, 4.69) is 5.32 Å². The van der Waals surface area contributed by atoms with Gasteiger partial charge in [-0.2, -0.15) is 0 Å². The number of unbranched alkanes of at least 4 members (excludes halogenated alkanes) is 1. The summed E-state index contributed by atoms with van der Waals surface area (Å²) in [5.41, 5.74) is 4.52. The number of para-hydroxylation sites is 1. The largest absolute Gasteiger partial charge is 0.496 e. The van der Waals surface area contributed by atoms with E-state index in [9.17, 15) is 19.5 Å². The van der Waals surface area contributed by atoms with Crippen molar-refractivity contribution in [3.8, 4) is 17.2 Å². The molecular formula is C45H53N3O10. The number of benzene rings is 4. The Kier molecular flexibility index (Phi) is 15.8. The number of likely N-dealkylation sites (tertiary alicyclic amines) is 1. The molecule has 13 heteroatoms. The molecule has 2 aliphatic heterocycles. The number of hydrogen-bond donors (Lipinski definition) is 2. The number of nitrogens with one attached hydrogen (secondary N) is 1. The van der Waals surface area contributed by atoms with Gasteiger partial charge in [-0.3, -0.25) is 9.59 Å². The zero-order valence-corrected chi connectivity index (χ0v) is 33.0. The number of fused-ring (bicyclic) bond motifs is 1. The standard InChI is InChI=1S/C45H53N3O10/c1-53-40-13-6-5-12-36(40)31-54-24-9-25-55-37-17-15-35(16-18-37)38-20-23-47(45(51)52)28-42(38)56-30-34-14-19-41-39(26-34)48(43(49)32-57-41)22-8-7-21-46-27-44(50)58-29-33-10-3-2-4-11-33/h2-6,10-19,26,38,42,46H,7-9,20-25,27-32H2,1H3,(H,51,52). The van der Waals surface area contributed by atoms with E-state index < -0.39 is 6.09 Å². The highest BCUT2D eigenvalue weighted by atomic mass is 16.5. The van der Waals surface area contributed by atoms with Crippen LogP contribution in [0.4, 0.5) is 10.5 Å². The van der Waals surface area contributed by atoms with Crippen molar-refractivity contribution in [3.63, 3.8) is 0 Å². The Morgan fingerprint density at radius 3 is 2.50 bits per heavy atom. The van der Waals surface area contributed by atoms with Gasteiger partial charge < -0.3 is 48.6 Å². The molecule has 0 bridgehead atoms. The maximum absolute atomic E-state index is 13.0. The van der Waals surface area contributed by atoms with Crippen molar-refractivity contribution in [2.75, 3.05) is 64.6 Å². The molecule has 0 aromatic heterocycles. The summed E-state index contributed by atoms with van der Waals surface area (Å²) in [5.74, 6) is 1.72.